The molecule has 0 heterocycles. The number of hydrogen-bond acceptors (Lipinski definition) is 3. The van der Waals surface area contributed by atoms with E-state index in [1.807, 2.05) is 67.6 Å². The smallest absolute Gasteiger partial charge is 0.377 e. The van der Waals surface area contributed by atoms with Gasteiger partial charge in [-0.1, -0.05) is 78.4 Å². The highest BCUT2D eigenvalue weighted by Crippen LogP contribution is 2.61. The van der Waals surface area contributed by atoms with Gasteiger partial charge in [-0.15, -0.1) is 0 Å². The van der Waals surface area contributed by atoms with Gasteiger partial charge in [0.2, 0.25) is 0 Å². The lowest BCUT2D eigenvalue weighted by Gasteiger charge is -2.39. The van der Waals surface area contributed by atoms with E-state index in [2.05, 4.69) is 0 Å². The fraction of sp³-hybridized carbons (Fsp3) is 0.241. The van der Waals surface area contributed by atoms with Crippen molar-refractivity contribution in [1.82, 2.24) is 0 Å². The second kappa shape index (κ2) is 8.01. The van der Waals surface area contributed by atoms with E-state index in [0.29, 0.717) is 22.3 Å². The molecule has 3 nitrogen and oxygen atoms in total. The summed E-state index contributed by atoms with van der Waals surface area (Å²) in [6.45, 7) is 3.31. The van der Waals surface area contributed by atoms with E-state index in [0.717, 1.165) is 22.3 Å². The summed E-state index contributed by atoms with van der Waals surface area (Å²) in [5.41, 5.74) is 4.67. The van der Waals surface area contributed by atoms with E-state index in [-0.39, 0.29) is 18.8 Å². The number of alkyl halides is 2. The van der Waals surface area contributed by atoms with Crippen LogP contribution in [0.2, 0.25) is 0 Å². The normalized spacial score (nSPS) is 18.9. The van der Waals surface area contributed by atoms with Crippen molar-refractivity contribution < 1.29 is 23.1 Å². The van der Waals surface area contributed by atoms with Crippen LogP contribution >= 0.6 is 0 Å². The first-order valence-electron chi connectivity index (χ1n) is 11.4. The number of carbonyl (C=O) groups is 2. The Morgan fingerprint density at radius 2 is 1.65 bits per heavy atom. The zero-order valence-electron chi connectivity index (χ0n) is 19.0. The Labute approximate surface area is 197 Å². The Morgan fingerprint density at radius 1 is 0.971 bits per heavy atom. The second-order valence-corrected chi connectivity index (χ2v) is 8.99. The van der Waals surface area contributed by atoms with E-state index < -0.39 is 23.7 Å². The van der Waals surface area contributed by atoms with Crippen LogP contribution in [-0.2, 0) is 14.9 Å². The molecule has 5 heteroatoms. The van der Waals surface area contributed by atoms with Crippen molar-refractivity contribution in [1.29, 1.82) is 0 Å². The highest BCUT2D eigenvalue weighted by molar-refractivity contribution is 6.17. The molecule has 1 atom stereocenters. The van der Waals surface area contributed by atoms with Gasteiger partial charge in [-0.25, -0.2) is 4.79 Å². The number of Topliss-reactive ketones (excluding diaryl/α,β-unsaturated/α-hetero) is 1. The maximum atomic E-state index is 15.4. The van der Waals surface area contributed by atoms with Crippen molar-refractivity contribution in [2.75, 3.05) is 6.61 Å². The number of carbonyl (C=O) groups excluding carboxylic acids is 2. The molecular formula is C29H24F2O3. The molecular weight excluding hydrogens is 434 g/mol. The van der Waals surface area contributed by atoms with Gasteiger partial charge in [-0.3, -0.25) is 4.79 Å². The average Bonchev–Trinajstić information content (AvgIpc) is 3.08. The first kappa shape index (κ1) is 22.2. The largest absolute Gasteiger partial charge is 0.462 e. The maximum Gasteiger partial charge on any atom is 0.377 e. The summed E-state index contributed by atoms with van der Waals surface area (Å²) < 4.78 is 35.6. The topological polar surface area (TPSA) is 43.4 Å². The molecule has 0 saturated heterocycles. The first-order valence-corrected chi connectivity index (χ1v) is 11.4. The molecule has 3 aromatic rings. The minimum Gasteiger partial charge on any atom is -0.462 e. The quantitative estimate of drug-likeness (QED) is 0.417. The number of ether oxygens (including phenoxy) is 1. The Bertz CT molecular complexity index is 1340. The van der Waals surface area contributed by atoms with Gasteiger partial charge in [0.05, 0.1) is 6.61 Å². The monoisotopic (exact) mass is 458 g/mol. The highest BCUT2D eigenvalue weighted by Gasteiger charge is 2.57. The lowest BCUT2D eigenvalue weighted by atomic mass is 9.63. The van der Waals surface area contributed by atoms with Crippen molar-refractivity contribution in [2.24, 2.45) is 0 Å². The van der Waals surface area contributed by atoms with Gasteiger partial charge >= 0.3 is 11.9 Å². The number of halogens is 2. The molecule has 0 spiro atoms. The van der Waals surface area contributed by atoms with Gasteiger partial charge < -0.3 is 4.74 Å². The lowest BCUT2D eigenvalue weighted by molar-refractivity contribution is -0.173. The molecule has 5 rings (SSSR count). The van der Waals surface area contributed by atoms with Crippen LogP contribution in [0.5, 0.6) is 0 Å². The molecule has 0 aliphatic heterocycles. The number of fused-ring (bicyclic) bond motifs is 5. The molecule has 0 aromatic heterocycles. The molecule has 2 aliphatic carbocycles. The average molecular weight is 459 g/mol. The van der Waals surface area contributed by atoms with Crippen LogP contribution in [0.25, 0.3) is 11.1 Å². The Kier molecular flexibility index (Phi) is 5.23. The Morgan fingerprint density at radius 3 is 2.35 bits per heavy atom. The number of rotatable bonds is 5. The Hall–Kier alpha value is -3.60. The van der Waals surface area contributed by atoms with E-state index in [9.17, 15) is 9.59 Å². The highest BCUT2D eigenvalue weighted by atomic mass is 19.3. The van der Waals surface area contributed by atoms with E-state index in [1.165, 1.54) is 6.92 Å². The number of esters is 1. The van der Waals surface area contributed by atoms with Crippen molar-refractivity contribution in [2.45, 2.75) is 38.0 Å². The minimum atomic E-state index is -3.76. The summed E-state index contributed by atoms with van der Waals surface area (Å²) >= 11 is 0. The SMILES string of the molecule is CCOC(=O)C(F)(F)CC12CC(=O)c3ccccc3C1=C(c1ccccc1)c1cc(C)ccc12. The molecule has 0 radical (unpaired) electrons. The third kappa shape index (κ3) is 3.30. The van der Waals surface area contributed by atoms with Crippen molar-refractivity contribution in [3.8, 4) is 0 Å². The van der Waals surface area contributed by atoms with Gasteiger partial charge in [0.1, 0.15) is 0 Å². The second-order valence-electron chi connectivity index (χ2n) is 8.99. The van der Waals surface area contributed by atoms with Crippen LogP contribution in [0.15, 0.2) is 72.8 Å². The predicted molar refractivity (Wildman–Crippen MR) is 127 cm³/mol. The van der Waals surface area contributed by atoms with Gasteiger partial charge in [0, 0.05) is 23.8 Å². The fourth-order valence-corrected chi connectivity index (χ4v) is 5.52. The fourth-order valence-electron chi connectivity index (χ4n) is 5.52. The molecule has 0 bridgehead atoms. The third-order valence-electron chi connectivity index (χ3n) is 6.81. The molecule has 0 fully saturated rings. The Balaban J connectivity index is 1.86. The van der Waals surface area contributed by atoms with Gasteiger partial charge in [0.25, 0.3) is 0 Å². The molecule has 0 N–H and O–H groups in total. The van der Waals surface area contributed by atoms with Gasteiger partial charge in [-0.2, -0.15) is 8.78 Å². The zero-order chi connectivity index (χ0) is 24.1. The summed E-state index contributed by atoms with van der Waals surface area (Å²) in [4.78, 5) is 25.6. The van der Waals surface area contributed by atoms with Crippen LogP contribution in [0.1, 0.15) is 57.9 Å². The molecule has 1 unspecified atom stereocenters. The number of aryl methyl sites for hydroxylation is 1. The van der Waals surface area contributed by atoms with Gasteiger partial charge in [0.15, 0.2) is 5.78 Å². The lowest BCUT2D eigenvalue weighted by Crippen LogP contribution is -2.43. The molecule has 0 amide bonds. The van der Waals surface area contributed by atoms with Crippen LogP contribution in [0.3, 0.4) is 0 Å². The van der Waals surface area contributed by atoms with Crippen molar-refractivity contribution in [3.63, 3.8) is 0 Å². The number of ketones is 1. The van der Waals surface area contributed by atoms with Crippen LogP contribution in [-0.4, -0.2) is 24.3 Å². The molecule has 172 valence electrons. The summed E-state index contributed by atoms with van der Waals surface area (Å²) in [5, 5.41) is 0. The summed E-state index contributed by atoms with van der Waals surface area (Å²) in [6, 6.07) is 22.5. The van der Waals surface area contributed by atoms with E-state index >= 15 is 8.78 Å². The van der Waals surface area contributed by atoms with E-state index in [4.69, 9.17) is 4.74 Å². The molecule has 0 saturated carbocycles. The minimum absolute atomic E-state index is 0.138. The summed E-state index contributed by atoms with van der Waals surface area (Å²) in [6.07, 6.45) is -0.971. The molecule has 34 heavy (non-hydrogen) atoms. The molecule has 2 aliphatic rings. The van der Waals surface area contributed by atoms with Gasteiger partial charge in [-0.05, 0) is 47.2 Å². The zero-order valence-corrected chi connectivity index (χ0v) is 19.0. The summed E-state index contributed by atoms with van der Waals surface area (Å²) in [5.74, 6) is -5.53. The van der Waals surface area contributed by atoms with E-state index in [1.54, 1.807) is 12.1 Å². The third-order valence-corrected chi connectivity index (χ3v) is 6.81. The number of allylic oxidation sites excluding steroid dienone is 1. The van der Waals surface area contributed by atoms with Crippen LogP contribution in [0.4, 0.5) is 8.78 Å². The van der Waals surface area contributed by atoms with Crippen molar-refractivity contribution in [3.05, 3.63) is 106 Å². The first-order chi connectivity index (χ1) is 16.3. The predicted octanol–water partition coefficient (Wildman–Crippen LogP) is 6.38. The standard InChI is InChI=1S/C29H24F2O3/c1-3-34-27(33)29(30,31)17-28-16-24(32)20-11-7-8-12-21(20)26(28)25(19-9-5-4-6-10-19)22-15-18(2)13-14-23(22)28/h4-15H,3,16-17H2,1-2H3. The maximum absolute atomic E-state index is 15.4. The number of benzene rings is 3. The number of hydrogen-bond donors (Lipinski definition) is 0. The molecule has 3 aromatic carbocycles. The van der Waals surface area contributed by atoms with Crippen molar-refractivity contribution >= 4 is 22.9 Å². The van der Waals surface area contributed by atoms with Crippen LogP contribution < -0.4 is 0 Å². The summed E-state index contributed by atoms with van der Waals surface area (Å²) in [7, 11) is 0. The van der Waals surface area contributed by atoms with Crippen LogP contribution in [0, 0.1) is 6.92 Å².